The highest BCUT2D eigenvalue weighted by Gasteiger charge is 2.41. The number of carbonyl (C=O) groups excluding carboxylic acids is 1. The summed E-state index contributed by atoms with van der Waals surface area (Å²) >= 11 is 0. The minimum absolute atomic E-state index is 0.00242. The summed E-state index contributed by atoms with van der Waals surface area (Å²) in [5, 5.41) is -0.239. The van der Waals surface area contributed by atoms with Crippen molar-refractivity contribution < 1.29 is 31.5 Å². The molecule has 184 valence electrons. The fraction of sp³-hybridized carbons (Fsp3) is 0.565. The molecule has 0 N–H and O–H groups in total. The molecule has 0 saturated carbocycles. The Morgan fingerprint density at radius 3 is 2.35 bits per heavy atom. The lowest BCUT2D eigenvalue weighted by molar-refractivity contribution is -0.169. The van der Waals surface area contributed by atoms with Crippen molar-refractivity contribution in [3.63, 3.8) is 0 Å². The summed E-state index contributed by atoms with van der Waals surface area (Å²) in [4.78, 5) is 21.2. The first-order chi connectivity index (χ1) is 16.2. The molecular weight excluding hydrogens is 468 g/mol. The highest BCUT2D eigenvalue weighted by Crippen LogP contribution is 2.38. The molecule has 0 unspecified atom stereocenters. The van der Waals surface area contributed by atoms with Crippen LogP contribution in [0.2, 0.25) is 0 Å². The molecule has 1 amide bonds. The number of halogens is 2. The van der Waals surface area contributed by atoms with Crippen molar-refractivity contribution in [3.05, 3.63) is 35.5 Å². The molecule has 1 aromatic carbocycles. The molecule has 3 aliphatic rings. The zero-order valence-corrected chi connectivity index (χ0v) is 19.7. The van der Waals surface area contributed by atoms with E-state index in [9.17, 15) is 22.0 Å². The average molecular weight is 496 g/mol. The number of hydrogen-bond donors (Lipinski definition) is 0. The standard InChI is InChI=1S/C23H27F2N3O5S/c1-34(30,31)16-2-6-28(7-3-16)22(29)18-14-26-20-17(12-15(24)13-19(20)25)21(18)27-8-4-23(5-9-27)32-10-11-33-23/h12-14,16H,2-11H2,1H3. The largest absolute Gasteiger partial charge is 0.370 e. The number of benzene rings is 1. The molecule has 1 aromatic heterocycles. The van der Waals surface area contributed by atoms with E-state index in [1.165, 1.54) is 18.5 Å². The first-order valence-corrected chi connectivity index (χ1v) is 13.4. The molecule has 34 heavy (non-hydrogen) atoms. The number of ether oxygens (including phenoxy) is 2. The number of aromatic nitrogens is 1. The van der Waals surface area contributed by atoms with Crippen LogP contribution >= 0.6 is 0 Å². The smallest absolute Gasteiger partial charge is 0.257 e. The summed E-state index contributed by atoms with van der Waals surface area (Å²) in [5.41, 5.74) is 0.684. The van der Waals surface area contributed by atoms with Crippen LogP contribution < -0.4 is 4.90 Å². The zero-order valence-electron chi connectivity index (χ0n) is 18.9. The molecule has 11 heteroatoms. The van der Waals surface area contributed by atoms with E-state index in [1.54, 1.807) is 4.90 Å². The number of carbonyl (C=O) groups is 1. The van der Waals surface area contributed by atoms with Crippen LogP contribution in [-0.2, 0) is 19.3 Å². The lowest BCUT2D eigenvalue weighted by Gasteiger charge is -2.40. The van der Waals surface area contributed by atoms with Gasteiger partial charge in [0.25, 0.3) is 5.91 Å². The van der Waals surface area contributed by atoms with Crippen LogP contribution in [0.1, 0.15) is 36.0 Å². The quantitative estimate of drug-likeness (QED) is 0.647. The van der Waals surface area contributed by atoms with Crippen LogP contribution in [0.4, 0.5) is 14.5 Å². The second kappa shape index (κ2) is 8.69. The Morgan fingerprint density at radius 1 is 1.09 bits per heavy atom. The lowest BCUT2D eigenvalue weighted by atomic mass is 9.99. The third-order valence-corrected chi connectivity index (χ3v) is 8.76. The van der Waals surface area contributed by atoms with Gasteiger partial charge in [-0.25, -0.2) is 17.2 Å². The van der Waals surface area contributed by atoms with Gasteiger partial charge in [-0.15, -0.1) is 0 Å². The predicted octanol–water partition coefficient (Wildman–Crippen LogP) is 2.51. The first-order valence-electron chi connectivity index (χ1n) is 11.5. The number of nitrogens with zero attached hydrogens (tertiary/aromatic N) is 3. The number of sulfone groups is 1. The number of amides is 1. The van der Waals surface area contributed by atoms with Crippen molar-refractivity contribution in [2.24, 2.45) is 0 Å². The first kappa shape index (κ1) is 23.4. The minimum Gasteiger partial charge on any atom is -0.370 e. The molecule has 3 saturated heterocycles. The van der Waals surface area contributed by atoms with E-state index in [1.807, 2.05) is 4.90 Å². The monoisotopic (exact) mass is 495 g/mol. The van der Waals surface area contributed by atoms with Crippen molar-refractivity contribution in [1.29, 1.82) is 0 Å². The Hall–Kier alpha value is -2.37. The van der Waals surface area contributed by atoms with Crippen LogP contribution in [-0.4, -0.2) is 80.9 Å². The third-order valence-electron chi connectivity index (χ3n) is 7.08. The van der Waals surface area contributed by atoms with Gasteiger partial charge in [0.05, 0.1) is 29.7 Å². The van der Waals surface area contributed by atoms with Gasteiger partial charge in [-0.05, 0) is 18.9 Å². The van der Waals surface area contributed by atoms with E-state index in [0.717, 1.165) is 6.07 Å². The second-order valence-corrected chi connectivity index (χ2v) is 11.5. The lowest BCUT2D eigenvalue weighted by Crippen LogP contribution is -2.46. The van der Waals surface area contributed by atoms with Gasteiger partial charge in [-0.1, -0.05) is 0 Å². The summed E-state index contributed by atoms with van der Waals surface area (Å²) in [5.74, 6) is -2.51. The highest BCUT2D eigenvalue weighted by atomic mass is 32.2. The average Bonchev–Trinajstić information content (AvgIpc) is 3.26. The molecule has 5 rings (SSSR count). The summed E-state index contributed by atoms with van der Waals surface area (Å²) in [6.07, 6.45) is 4.38. The predicted molar refractivity (Wildman–Crippen MR) is 122 cm³/mol. The summed E-state index contributed by atoms with van der Waals surface area (Å²) in [7, 11) is -3.18. The van der Waals surface area contributed by atoms with Crippen molar-refractivity contribution >= 4 is 32.3 Å². The maximum Gasteiger partial charge on any atom is 0.257 e. The third kappa shape index (κ3) is 4.25. The second-order valence-electron chi connectivity index (χ2n) is 9.22. The Kier molecular flexibility index (Phi) is 5.97. The van der Waals surface area contributed by atoms with Gasteiger partial charge < -0.3 is 19.3 Å². The fourth-order valence-corrected chi connectivity index (χ4v) is 6.29. The number of anilines is 1. The van der Waals surface area contributed by atoms with Gasteiger partial charge in [0, 0.05) is 62.9 Å². The van der Waals surface area contributed by atoms with Crippen LogP contribution in [0.5, 0.6) is 0 Å². The Bertz CT molecular complexity index is 1210. The molecule has 1 spiro atoms. The van der Waals surface area contributed by atoms with Crippen LogP contribution in [0, 0.1) is 11.6 Å². The Balaban J connectivity index is 1.50. The van der Waals surface area contributed by atoms with Crippen molar-refractivity contribution in [2.45, 2.75) is 36.7 Å². The molecule has 0 atom stereocenters. The van der Waals surface area contributed by atoms with Gasteiger partial charge in [0.15, 0.2) is 11.6 Å². The number of rotatable bonds is 3. The molecule has 3 fully saturated rings. The van der Waals surface area contributed by atoms with Crippen LogP contribution in [0.25, 0.3) is 10.9 Å². The normalized spacial score (nSPS) is 21.5. The number of piperidine rings is 2. The SMILES string of the molecule is CS(=O)(=O)C1CCN(C(=O)c2cnc3c(F)cc(F)cc3c2N2CCC3(CC2)OCCO3)CC1. The van der Waals surface area contributed by atoms with Crippen molar-refractivity contribution in [2.75, 3.05) is 50.5 Å². The molecule has 8 nitrogen and oxygen atoms in total. The topological polar surface area (TPSA) is 89.0 Å². The molecule has 4 heterocycles. The number of pyridine rings is 1. The van der Waals surface area contributed by atoms with Crippen molar-refractivity contribution in [3.8, 4) is 0 Å². The highest BCUT2D eigenvalue weighted by molar-refractivity contribution is 7.91. The van der Waals surface area contributed by atoms with Gasteiger partial charge in [0.2, 0.25) is 0 Å². The van der Waals surface area contributed by atoms with Crippen LogP contribution in [0.15, 0.2) is 18.3 Å². The molecule has 3 aliphatic heterocycles. The fourth-order valence-electron chi connectivity index (χ4n) is 5.22. The van der Waals surface area contributed by atoms with E-state index in [-0.39, 0.29) is 35.5 Å². The maximum atomic E-state index is 14.6. The number of fused-ring (bicyclic) bond motifs is 1. The van der Waals surface area contributed by atoms with E-state index in [2.05, 4.69) is 4.98 Å². The Morgan fingerprint density at radius 2 is 1.74 bits per heavy atom. The van der Waals surface area contributed by atoms with Gasteiger partial charge >= 0.3 is 0 Å². The minimum atomic E-state index is -3.18. The van der Waals surface area contributed by atoms with Crippen molar-refractivity contribution in [1.82, 2.24) is 9.88 Å². The zero-order chi connectivity index (χ0) is 24.1. The number of likely N-dealkylation sites (tertiary alicyclic amines) is 1. The van der Waals surface area contributed by atoms with E-state index < -0.39 is 32.5 Å². The molecule has 0 radical (unpaired) electrons. The summed E-state index contributed by atoms with van der Waals surface area (Å²) < 4.78 is 64.2. The molecular formula is C23H27F2N3O5S. The molecule has 0 aliphatic carbocycles. The van der Waals surface area contributed by atoms with E-state index >= 15 is 0 Å². The van der Waals surface area contributed by atoms with E-state index in [0.29, 0.717) is 57.7 Å². The van der Waals surface area contributed by atoms with Gasteiger partial charge in [0.1, 0.15) is 21.2 Å². The molecule has 2 aromatic rings. The Labute approximate surface area is 196 Å². The van der Waals surface area contributed by atoms with Gasteiger partial charge in [-0.2, -0.15) is 0 Å². The number of hydrogen-bond acceptors (Lipinski definition) is 7. The summed E-state index contributed by atoms with van der Waals surface area (Å²) in [6.45, 7) is 2.59. The summed E-state index contributed by atoms with van der Waals surface area (Å²) in [6, 6.07) is 1.99. The van der Waals surface area contributed by atoms with E-state index in [4.69, 9.17) is 9.47 Å². The van der Waals surface area contributed by atoms with Gasteiger partial charge in [-0.3, -0.25) is 9.78 Å². The molecule has 0 bridgehead atoms. The van der Waals surface area contributed by atoms with Crippen LogP contribution in [0.3, 0.4) is 0 Å². The maximum absolute atomic E-state index is 14.6.